The molecule has 2 saturated heterocycles. The first-order chi connectivity index (χ1) is 16.4. The molecular weight excluding hydrogens is 426 g/mol. The molecule has 6 heteroatoms. The van der Waals surface area contributed by atoms with Crippen molar-refractivity contribution in [1.82, 2.24) is 9.80 Å². The fourth-order valence-electron chi connectivity index (χ4n) is 5.27. The van der Waals surface area contributed by atoms with Crippen molar-refractivity contribution in [3.63, 3.8) is 0 Å². The highest BCUT2D eigenvalue weighted by Gasteiger charge is 2.42. The molecule has 0 spiro atoms. The van der Waals surface area contributed by atoms with Gasteiger partial charge in [-0.1, -0.05) is 44.2 Å². The molecule has 34 heavy (non-hydrogen) atoms. The maximum atomic E-state index is 13.8. The Bertz CT molecular complexity index is 1010. The number of nitrogens with zero attached hydrogens (tertiary/aromatic N) is 3. The van der Waals surface area contributed by atoms with E-state index in [1.165, 1.54) is 11.3 Å². The number of methoxy groups -OCH3 is 1. The lowest BCUT2D eigenvalue weighted by atomic mass is 9.87. The third-order valence-electron chi connectivity index (χ3n) is 7.14. The number of amides is 2. The van der Waals surface area contributed by atoms with Crippen molar-refractivity contribution in [2.24, 2.45) is 11.8 Å². The van der Waals surface area contributed by atoms with E-state index >= 15 is 0 Å². The second kappa shape index (κ2) is 10.5. The number of carbonyl (C=O) groups is 2. The Morgan fingerprint density at radius 1 is 0.971 bits per heavy atom. The highest BCUT2D eigenvalue weighted by Crippen LogP contribution is 2.36. The highest BCUT2D eigenvalue weighted by molar-refractivity contribution is 5.84. The van der Waals surface area contributed by atoms with E-state index in [1.54, 1.807) is 7.11 Å². The largest absolute Gasteiger partial charge is 0.497 e. The summed E-state index contributed by atoms with van der Waals surface area (Å²) in [6.07, 6.45) is 0.515. The van der Waals surface area contributed by atoms with Crippen LogP contribution in [0.5, 0.6) is 5.75 Å². The lowest BCUT2D eigenvalue weighted by Gasteiger charge is -2.38. The number of carbonyl (C=O) groups excluding carboxylic acids is 2. The smallest absolute Gasteiger partial charge is 0.228 e. The predicted octanol–water partition coefficient (Wildman–Crippen LogP) is 3.94. The minimum atomic E-state index is -0.228. The molecule has 2 amide bonds. The first kappa shape index (κ1) is 24.1. The van der Waals surface area contributed by atoms with Gasteiger partial charge >= 0.3 is 0 Å². The zero-order chi connectivity index (χ0) is 24.2. The van der Waals surface area contributed by atoms with Crippen LogP contribution in [-0.4, -0.2) is 68.0 Å². The number of para-hydroxylation sites is 1. The van der Waals surface area contributed by atoms with Crippen LogP contribution < -0.4 is 9.64 Å². The number of anilines is 1. The third-order valence-corrected chi connectivity index (χ3v) is 7.14. The molecule has 0 N–H and O–H groups in total. The summed E-state index contributed by atoms with van der Waals surface area (Å²) in [5.74, 6) is 1.13. The summed E-state index contributed by atoms with van der Waals surface area (Å²) in [6, 6.07) is 16.4. The first-order valence-electron chi connectivity index (χ1n) is 12.4. The summed E-state index contributed by atoms with van der Waals surface area (Å²) >= 11 is 0. The summed E-state index contributed by atoms with van der Waals surface area (Å²) in [4.78, 5) is 32.9. The molecule has 182 valence electrons. The van der Waals surface area contributed by atoms with Crippen molar-refractivity contribution in [1.29, 1.82) is 0 Å². The quantitative estimate of drug-likeness (QED) is 0.651. The fourth-order valence-corrected chi connectivity index (χ4v) is 5.27. The van der Waals surface area contributed by atoms with Gasteiger partial charge in [-0.2, -0.15) is 0 Å². The van der Waals surface area contributed by atoms with Gasteiger partial charge in [0.25, 0.3) is 0 Å². The number of likely N-dealkylation sites (tertiary alicyclic amines) is 1. The van der Waals surface area contributed by atoms with E-state index in [4.69, 9.17) is 4.74 Å². The van der Waals surface area contributed by atoms with Gasteiger partial charge in [-0.3, -0.25) is 9.59 Å². The fraction of sp³-hybridized carbons (Fsp3) is 0.500. The predicted molar refractivity (Wildman–Crippen MR) is 135 cm³/mol. The SMILES string of the molecule is COc1cccc(C2CN(C(=O)CC(C)C)CC2C(=O)N2CCN(c3ccccc3C)CC2)c1. The van der Waals surface area contributed by atoms with Crippen LogP contribution in [0.4, 0.5) is 5.69 Å². The van der Waals surface area contributed by atoms with Crippen molar-refractivity contribution in [3.05, 3.63) is 59.7 Å². The Hall–Kier alpha value is -3.02. The summed E-state index contributed by atoms with van der Waals surface area (Å²) in [5.41, 5.74) is 3.57. The zero-order valence-electron chi connectivity index (χ0n) is 20.9. The van der Waals surface area contributed by atoms with Crippen molar-refractivity contribution >= 4 is 17.5 Å². The topological polar surface area (TPSA) is 53.1 Å². The monoisotopic (exact) mass is 463 g/mol. The molecule has 0 saturated carbocycles. The second-order valence-corrected chi connectivity index (χ2v) is 9.99. The van der Waals surface area contributed by atoms with E-state index in [-0.39, 0.29) is 23.7 Å². The average Bonchev–Trinajstić information content (AvgIpc) is 3.29. The Morgan fingerprint density at radius 2 is 1.71 bits per heavy atom. The van der Waals surface area contributed by atoms with Gasteiger partial charge in [-0.05, 0) is 42.2 Å². The van der Waals surface area contributed by atoms with Crippen LogP contribution in [0.25, 0.3) is 0 Å². The van der Waals surface area contributed by atoms with Crippen LogP contribution in [0.2, 0.25) is 0 Å². The minimum absolute atomic E-state index is 0.0203. The van der Waals surface area contributed by atoms with Crippen LogP contribution >= 0.6 is 0 Å². The van der Waals surface area contributed by atoms with Crippen LogP contribution in [0.15, 0.2) is 48.5 Å². The molecule has 0 radical (unpaired) electrons. The van der Waals surface area contributed by atoms with Crippen LogP contribution in [0.1, 0.15) is 37.3 Å². The van der Waals surface area contributed by atoms with Gasteiger partial charge in [0.2, 0.25) is 11.8 Å². The molecule has 6 nitrogen and oxygen atoms in total. The molecule has 2 fully saturated rings. The molecular formula is C28H37N3O3. The number of piperazine rings is 1. The van der Waals surface area contributed by atoms with Crippen molar-refractivity contribution < 1.29 is 14.3 Å². The lowest BCUT2D eigenvalue weighted by Crippen LogP contribution is -2.51. The van der Waals surface area contributed by atoms with Gasteiger partial charge in [0.1, 0.15) is 5.75 Å². The molecule has 2 aromatic rings. The zero-order valence-corrected chi connectivity index (χ0v) is 20.9. The van der Waals surface area contributed by atoms with Crippen LogP contribution in [0, 0.1) is 18.8 Å². The van der Waals surface area contributed by atoms with Gasteiger partial charge in [0.15, 0.2) is 0 Å². The van der Waals surface area contributed by atoms with Crippen molar-refractivity contribution in [2.75, 3.05) is 51.3 Å². The Morgan fingerprint density at radius 3 is 2.38 bits per heavy atom. The maximum Gasteiger partial charge on any atom is 0.228 e. The third kappa shape index (κ3) is 5.21. The molecule has 0 aliphatic carbocycles. The Labute approximate surface area is 203 Å². The van der Waals surface area contributed by atoms with E-state index in [9.17, 15) is 9.59 Å². The molecule has 2 aromatic carbocycles. The summed E-state index contributed by atoms with van der Waals surface area (Å²) in [6.45, 7) is 10.4. The van der Waals surface area contributed by atoms with Gasteiger partial charge < -0.3 is 19.4 Å². The average molecular weight is 464 g/mol. The van der Waals surface area contributed by atoms with Crippen molar-refractivity contribution in [3.8, 4) is 5.75 Å². The maximum absolute atomic E-state index is 13.8. The molecule has 2 aliphatic rings. The molecule has 2 heterocycles. The molecule has 2 atom stereocenters. The van der Waals surface area contributed by atoms with E-state index in [0.717, 1.165) is 24.4 Å². The number of rotatable bonds is 6. The van der Waals surface area contributed by atoms with E-state index in [2.05, 4.69) is 56.0 Å². The van der Waals surface area contributed by atoms with Gasteiger partial charge in [0, 0.05) is 57.3 Å². The van der Waals surface area contributed by atoms with Gasteiger partial charge in [-0.25, -0.2) is 0 Å². The summed E-state index contributed by atoms with van der Waals surface area (Å²) in [5, 5.41) is 0. The molecule has 4 rings (SSSR count). The summed E-state index contributed by atoms with van der Waals surface area (Å²) in [7, 11) is 1.66. The number of ether oxygens (including phenoxy) is 1. The van der Waals surface area contributed by atoms with E-state index < -0.39 is 0 Å². The number of hydrogen-bond acceptors (Lipinski definition) is 4. The molecule has 0 bridgehead atoms. The molecule has 0 aromatic heterocycles. The minimum Gasteiger partial charge on any atom is -0.497 e. The lowest BCUT2D eigenvalue weighted by molar-refractivity contribution is -0.136. The normalized spacial score (nSPS) is 20.7. The van der Waals surface area contributed by atoms with Crippen LogP contribution in [0.3, 0.4) is 0 Å². The van der Waals surface area contributed by atoms with E-state index in [1.807, 2.05) is 28.0 Å². The first-order valence-corrected chi connectivity index (χ1v) is 12.4. The Balaban J connectivity index is 1.50. The molecule has 2 unspecified atom stereocenters. The van der Waals surface area contributed by atoms with Crippen LogP contribution in [-0.2, 0) is 9.59 Å². The van der Waals surface area contributed by atoms with Crippen molar-refractivity contribution in [2.45, 2.75) is 33.1 Å². The highest BCUT2D eigenvalue weighted by atomic mass is 16.5. The van der Waals surface area contributed by atoms with E-state index in [0.29, 0.717) is 38.5 Å². The Kier molecular flexibility index (Phi) is 7.44. The second-order valence-electron chi connectivity index (χ2n) is 9.99. The standard InChI is InChI=1S/C28H37N3O3/c1-20(2)16-27(32)31-18-24(22-9-7-10-23(17-22)34-4)25(19-31)28(33)30-14-12-29(13-15-30)26-11-6-5-8-21(26)3/h5-11,17,20,24-25H,12-16,18-19H2,1-4H3. The number of benzene rings is 2. The molecule has 2 aliphatic heterocycles. The van der Waals surface area contributed by atoms with Gasteiger partial charge in [-0.15, -0.1) is 0 Å². The number of hydrogen-bond donors (Lipinski definition) is 0. The van der Waals surface area contributed by atoms with Gasteiger partial charge in [0.05, 0.1) is 13.0 Å². The summed E-state index contributed by atoms with van der Waals surface area (Å²) < 4.78 is 5.44. The number of aryl methyl sites for hydroxylation is 1.